The van der Waals surface area contributed by atoms with Crippen molar-refractivity contribution >= 4 is 5.91 Å². The Morgan fingerprint density at radius 1 is 1.05 bits per heavy atom. The maximum Gasteiger partial charge on any atom is 0.225 e. The van der Waals surface area contributed by atoms with Crippen molar-refractivity contribution in [2.24, 2.45) is 11.8 Å². The molecule has 2 rings (SSSR count). The van der Waals surface area contributed by atoms with Crippen LogP contribution >= 0.6 is 0 Å². The molecule has 3 nitrogen and oxygen atoms in total. The molecule has 2 fully saturated rings. The molecular formula is C16H32N2O. The fraction of sp³-hybridized carbons (Fsp3) is 0.938. The first-order chi connectivity index (χ1) is 9.08. The Morgan fingerprint density at radius 3 is 2.05 bits per heavy atom. The molecule has 2 heterocycles. The molecule has 112 valence electrons. The first kappa shape index (κ1) is 16.5. The molecular weight excluding hydrogens is 236 g/mol. The van der Waals surface area contributed by atoms with Gasteiger partial charge < -0.3 is 9.80 Å². The third kappa shape index (κ3) is 4.48. The van der Waals surface area contributed by atoms with Gasteiger partial charge in [-0.3, -0.25) is 4.79 Å². The summed E-state index contributed by atoms with van der Waals surface area (Å²) in [4.78, 5) is 16.9. The topological polar surface area (TPSA) is 23.6 Å². The van der Waals surface area contributed by atoms with Crippen molar-refractivity contribution in [3.05, 3.63) is 0 Å². The van der Waals surface area contributed by atoms with Crippen molar-refractivity contribution in [2.75, 3.05) is 26.2 Å². The largest absolute Gasteiger partial charge is 0.342 e. The summed E-state index contributed by atoms with van der Waals surface area (Å²) in [6.07, 6.45) is 3.31. The van der Waals surface area contributed by atoms with E-state index in [0.29, 0.717) is 23.8 Å². The average molecular weight is 268 g/mol. The van der Waals surface area contributed by atoms with Gasteiger partial charge in [-0.1, -0.05) is 20.8 Å². The zero-order chi connectivity index (χ0) is 14.4. The molecule has 0 saturated carbocycles. The van der Waals surface area contributed by atoms with E-state index in [9.17, 15) is 4.79 Å². The summed E-state index contributed by atoms with van der Waals surface area (Å²) in [6.45, 7) is 14.9. The van der Waals surface area contributed by atoms with Gasteiger partial charge >= 0.3 is 0 Å². The highest BCUT2D eigenvalue weighted by atomic mass is 16.2. The summed E-state index contributed by atoms with van der Waals surface area (Å²) in [5, 5.41) is 0. The summed E-state index contributed by atoms with van der Waals surface area (Å²) in [5.74, 6) is 1.43. The molecule has 0 bridgehead atoms. The minimum atomic E-state index is 0.301. The van der Waals surface area contributed by atoms with Crippen molar-refractivity contribution in [1.82, 2.24) is 9.80 Å². The second kappa shape index (κ2) is 7.88. The number of nitrogens with zero attached hydrogens (tertiary/aromatic N) is 2. The van der Waals surface area contributed by atoms with E-state index in [1.54, 1.807) is 0 Å². The molecule has 0 N–H and O–H groups in total. The molecule has 2 saturated heterocycles. The van der Waals surface area contributed by atoms with Crippen molar-refractivity contribution < 1.29 is 4.79 Å². The third-order valence-corrected chi connectivity index (χ3v) is 4.34. The molecule has 19 heavy (non-hydrogen) atoms. The Balaban J connectivity index is 0.000000861. The SMILES string of the molecule is CC.CC1CCN(C(=O)C2CCN(C(C)C)CC2)C1. The van der Waals surface area contributed by atoms with Gasteiger partial charge in [0.2, 0.25) is 5.91 Å². The van der Waals surface area contributed by atoms with E-state index in [1.807, 2.05) is 13.8 Å². The highest BCUT2D eigenvalue weighted by molar-refractivity contribution is 5.79. The van der Waals surface area contributed by atoms with Crippen LogP contribution in [0.5, 0.6) is 0 Å². The number of likely N-dealkylation sites (tertiary alicyclic amines) is 2. The van der Waals surface area contributed by atoms with Gasteiger partial charge in [0.05, 0.1) is 0 Å². The predicted octanol–water partition coefficient (Wildman–Crippen LogP) is 3.00. The summed E-state index contributed by atoms with van der Waals surface area (Å²) < 4.78 is 0. The number of hydrogen-bond acceptors (Lipinski definition) is 2. The molecule has 0 aromatic rings. The molecule has 2 aliphatic rings. The van der Waals surface area contributed by atoms with Crippen LogP contribution in [0, 0.1) is 11.8 Å². The van der Waals surface area contributed by atoms with Gasteiger partial charge in [0.15, 0.2) is 0 Å². The van der Waals surface area contributed by atoms with Crippen LogP contribution in [0.25, 0.3) is 0 Å². The van der Waals surface area contributed by atoms with E-state index in [-0.39, 0.29) is 0 Å². The van der Waals surface area contributed by atoms with Crippen LogP contribution in [0.1, 0.15) is 53.9 Å². The number of piperidine rings is 1. The molecule has 0 spiro atoms. The molecule has 1 unspecified atom stereocenters. The smallest absolute Gasteiger partial charge is 0.225 e. The van der Waals surface area contributed by atoms with Crippen LogP contribution in [0.15, 0.2) is 0 Å². The lowest BCUT2D eigenvalue weighted by Gasteiger charge is -2.35. The van der Waals surface area contributed by atoms with Crippen LogP contribution in [0.2, 0.25) is 0 Å². The van der Waals surface area contributed by atoms with Crippen LogP contribution in [0.3, 0.4) is 0 Å². The highest BCUT2D eigenvalue weighted by Gasteiger charge is 2.31. The molecule has 0 aromatic carbocycles. The minimum absolute atomic E-state index is 0.301. The lowest BCUT2D eigenvalue weighted by Crippen LogP contribution is -2.43. The van der Waals surface area contributed by atoms with E-state index in [4.69, 9.17) is 0 Å². The van der Waals surface area contributed by atoms with Crippen molar-refractivity contribution in [3.63, 3.8) is 0 Å². The second-order valence-corrected chi connectivity index (χ2v) is 6.08. The zero-order valence-corrected chi connectivity index (χ0v) is 13.5. The van der Waals surface area contributed by atoms with Gasteiger partial charge in [-0.05, 0) is 52.1 Å². The van der Waals surface area contributed by atoms with E-state index < -0.39 is 0 Å². The Morgan fingerprint density at radius 2 is 1.63 bits per heavy atom. The standard InChI is InChI=1S/C14H26N2O.C2H6/c1-11(2)15-8-5-13(6-9-15)14(17)16-7-4-12(3)10-16;1-2/h11-13H,4-10H2,1-3H3;1-2H3. The van der Waals surface area contributed by atoms with Crippen molar-refractivity contribution in [1.29, 1.82) is 0 Å². The molecule has 0 aromatic heterocycles. The number of carbonyl (C=O) groups excluding carboxylic acids is 1. The van der Waals surface area contributed by atoms with Crippen LogP contribution in [-0.4, -0.2) is 47.9 Å². The molecule has 1 amide bonds. The number of amides is 1. The van der Waals surface area contributed by atoms with E-state index in [2.05, 4.69) is 30.6 Å². The Kier molecular flexibility index (Phi) is 6.84. The Bertz CT molecular complexity index is 270. The van der Waals surface area contributed by atoms with Gasteiger partial charge in [-0.15, -0.1) is 0 Å². The molecule has 0 aliphatic carbocycles. The maximum atomic E-state index is 12.3. The van der Waals surface area contributed by atoms with Gasteiger partial charge in [0, 0.05) is 25.0 Å². The van der Waals surface area contributed by atoms with Crippen LogP contribution < -0.4 is 0 Å². The number of hydrogen-bond donors (Lipinski definition) is 0. The van der Waals surface area contributed by atoms with Gasteiger partial charge in [-0.2, -0.15) is 0 Å². The first-order valence-corrected chi connectivity index (χ1v) is 8.10. The first-order valence-electron chi connectivity index (χ1n) is 8.10. The van der Waals surface area contributed by atoms with E-state index in [1.165, 1.54) is 6.42 Å². The van der Waals surface area contributed by atoms with Gasteiger partial charge in [-0.25, -0.2) is 0 Å². The lowest BCUT2D eigenvalue weighted by atomic mass is 9.94. The van der Waals surface area contributed by atoms with Crippen LogP contribution in [0.4, 0.5) is 0 Å². The number of carbonyl (C=O) groups is 1. The van der Waals surface area contributed by atoms with Gasteiger partial charge in [0.25, 0.3) is 0 Å². The Hall–Kier alpha value is -0.570. The monoisotopic (exact) mass is 268 g/mol. The highest BCUT2D eigenvalue weighted by Crippen LogP contribution is 2.24. The summed E-state index contributed by atoms with van der Waals surface area (Å²) >= 11 is 0. The molecule has 0 radical (unpaired) electrons. The van der Waals surface area contributed by atoms with Gasteiger partial charge in [0.1, 0.15) is 0 Å². The van der Waals surface area contributed by atoms with Crippen molar-refractivity contribution in [3.8, 4) is 0 Å². The van der Waals surface area contributed by atoms with Crippen molar-refractivity contribution in [2.45, 2.75) is 59.9 Å². The van der Waals surface area contributed by atoms with E-state index >= 15 is 0 Å². The molecule has 2 aliphatic heterocycles. The fourth-order valence-electron chi connectivity index (χ4n) is 3.06. The van der Waals surface area contributed by atoms with E-state index in [0.717, 1.165) is 39.0 Å². The predicted molar refractivity (Wildman–Crippen MR) is 81.1 cm³/mol. The Labute approximate surface area is 119 Å². The zero-order valence-electron chi connectivity index (χ0n) is 13.5. The second-order valence-electron chi connectivity index (χ2n) is 6.08. The summed E-state index contributed by atoms with van der Waals surface area (Å²) in [7, 11) is 0. The minimum Gasteiger partial charge on any atom is -0.342 e. The maximum absolute atomic E-state index is 12.3. The average Bonchev–Trinajstić information content (AvgIpc) is 2.87. The summed E-state index contributed by atoms with van der Waals surface area (Å²) in [6, 6.07) is 0.623. The quantitative estimate of drug-likeness (QED) is 0.768. The third-order valence-electron chi connectivity index (χ3n) is 4.34. The number of rotatable bonds is 2. The summed E-state index contributed by atoms with van der Waals surface area (Å²) in [5.41, 5.74) is 0. The normalized spacial score (nSPS) is 25.4. The van der Waals surface area contributed by atoms with Crippen LogP contribution in [-0.2, 0) is 4.79 Å². The molecule has 1 atom stereocenters. The lowest BCUT2D eigenvalue weighted by molar-refractivity contribution is -0.136. The molecule has 3 heteroatoms. The fourth-order valence-corrected chi connectivity index (χ4v) is 3.06.